The van der Waals surface area contributed by atoms with Crippen molar-refractivity contribution in [1.29, 1.82) is 0 Å². The van der Waals surface area contributed by atoms with Crippen molar-refractivity contribution < 1.29 is 9.47 Å². The van der Waals surface area contributed by atoms with Crippen LogP contribution in [0.3, 0.4) is 0 Å². The van der Waals surface area contributed by atoms with Crippen LogP contribution >= 0.6 is 11.3 Å². The van der Waals surface area contributed by atoms with Gasteiger partial charge in [0.15, 0.2) is 11.5 Å². The van der Waals surface area contributed by atoms with Gasteiger partial charge in [0.25, 0.3) is 5.56 Å². The van der Waals surface area contributed by atoms with Gasteiger partial charge in [-0.3, -0.25) is 9.69 Å². The van der Waals surface area contributed by atoms with Crippen LogP contribution < -0.4 is 15.0 Å². The van der Waals surface area contributed by atoms with Crippen LogP contribution in [0.1, 0.15) is 48.1 Å². The van der Waals surface area contributed by atoms with Gasteiger partial charge >= 0.3 is 0 Å². The highest BCUT2D eigenvalue weighted by atomic mass is 32.1. The van der Waals surface area contributed by atoms with Crippen LogP contribution in [0.2, 0.25) is 0 Å². The average Bonchev–Trinajstić information content (AvgIpc) is 3.10. The van der Waals surface area contributed by atoms with Gasteiger partial charge in [-0.1, -0.05) is 13.0 Å². The van der Waals surface area contributed by atoms with E-state index in [1.165, 1.54) is 10.4 Å². The molecule has 0 fully saturated rings. The number of ether oxygens (including phenoxy) is 2. The van der Waals surface area contributed by atoms with E-state index in [2.05, 4.69) is 29.8 Å². The summed E-state index contributed by atoms with van der Waals surface area (Å²) in [6, 6.07) is 6.04. The van der Waals surface area contributed by atoms with Crippen LogP contribution in [-0.4, -0.2) is 35.1 Å². The third kappa shape index (κ3) is 3.50. The molecule has 2 unspecified atom stereocenters. The van der Waals surface area contributed by atoms with Gasteiger partial charge in [0.05, 0.1) is 11.4 Å². The van der Waals surface area contributed by atoms with Gasteiger partial charge in [0, 0.05) is 11.4 Å². The third-order valence-electron chi connectivity index (χ3n) is 6.28. The molecule has 2 aliphatic rings. The lowest BCUT2D eigenvalue weighted by molar-refractivity contribution is 0.171. The topological polar surface area (TPSA) is 67.5 Å². The number of hydrogen-bond acceptors (Lipinski definition) is 6. The van der Waals surface area contributed by atoms with Gasteiger partial charge in [-0.25, -0.2) is 4.98 Å². The van der Waals surface area contributed by atoms with E-state index in [-0.39, 0.29) is 11.6 Å². The molecule has 0 saturated carbocycles. The Morgan fingerprint density at radius 2 is 2.10 bits per heavy atom. The molecular formula is C23H27N3O3S. The van der Waals surface area contributed by atoms with Gasteiger partial charge in [-0.15, -0.1) is 11.3 Å². The zero-order chi connectivity index (χ0) is 20.8. The van der Waals surface area contributed by atoms with E-state index in [1.54, 1.807) is 11.3 Å². The average molecular weight is 426 g/mol. The fraction of sp³-hybridized carbons (Fsp3) is 0.478. The van der Waals surface area contributed by atoms with E-state index < -0.39 is 0 Å². The number of aryl methyl sites for hydroxylation is 1. The molecule has 1 aliphatic heterocycles. The van der Waals surface area contributed by atoms with Gasteiger partial charge in [0.2, 0.25) is 0 Å². The zero-order valence-electron chi connectivity index (χ0n) is 17.7. The molecule has 0 spiro atoms. The number of thiophene rings is 1. The summed E-state index contributed by atoms with van der Waals surface area (Å²) < 4.78 is 11.3. The first-order valence-corrected chi connectivity index (χ1v) is 11.4. The maximum absolute atomic E-state index is 12.9. The van der Waals surface area contributed by atoms with Gasteiger partial charge in [-0.05, 0) is 62.4 Å². The molecule has 0 amide bonds. The Morgan fingerprint density at radius 3 is 2.93 bits per heavy atom. The maximum atomic E-state index is 12.9. The molecule has 6 nitrogen and oxygen atoms in total. The minimum absolute atomic E-state index is 0.00151. The Morgan fingerprint density at radius 1 is 1.30 bits per heavy atom. The Labute approximate surface area is 179 Å². The van der Waals surface area contributed by atoms with E-state index in [9.17, 15) is 4.79 Å². The number of aromatic amines is 1. The van der Waals surface area contributed by atoms with Crippen molar-refractivity contribution in [1.82, 2.24) is 14.9 Å². The summed E-state index contributed by atoms with van der Waals surface area (Å²) in [6.45, 7) is 6.26. The van der Waals surface area contributed by atoms with E-state index in [4.69, 9.17) is 14.5 Å². The Balaban J connectivity index is 1.40. The molecule has 3 heterocycles. The predicted molar refractivity (Wildman–Crippen MR) is 119 cm³/mol. The SMILES string of the molecule is CC1CCc2c(sc3nc(C(C)N(C)Cc4ccc5c(c4)OCCO5)[nH]c(=O)c23)C1. The Bertz CT molecular complexity index is 1150. The van der Waals surface area contributed by atoms with Crippen molar-refractivity contribution >= 4 is 21.6 Å². The van der Waals surface area contributed by atoms with Crippen LogP contribution in [0.5, 0.6) is 11.5 Å². The number of nitrogens with zero attached hydrogens (tertiary/aromatic N) is 2. The van der Waals surface area contributed by atoms with Crippen molar-refractivity contribution in [2.75, 3.05) is 20.3 Å². The summed E-state index contributed by atoms with van der Waals surface area (Å²) in [4.78, 5) is 25.3. The Kier molecular flexibility index (Phi) is 5.03. The molecule has 7 heteroatoms. The molecule has 0 saturated heterocycles. The second kappa shape index (κ2) is 7.71. The number of H-pyrrole nitrogens is 1. The summed E-state index contributed by atoms with van der Waals surface area (Å²) in [6.07, 6.45) is 3.19. The molecule has 3 aromatic rings. The summed E-state index contributed by atoms with van der Waals surface area (Å²) >= 11 is 1.70. The largest absolute Gasteiger partial charge is 0.486 e. The molecule has 30 heavy (non-hydrogen) atoms. The molecule has 1 aromatic carbocycles. The van der Waals surface area contributed by atoms with Crippen LogP contribution in [0.15, 0.2) is 23.0 Å². The summed E-state index contributed by atoms with van der Waals surface area (Å²) in [5.74, 6) is 3.00. The van der Waals surface area contributed by atoms with E-state index in [1.807, 2.05) is 19.2 Å². The minimum atomic E-state index is -0.0200. The summed E-state index contributed by atoms with van der Waals surface area (Å²) in [7, 11) is 2.05. The van der Waals surface area contributed by atoms with Crippen LogP contribution in [0.4, 0.5) is 0 Å². The number of aromatic nitrogens is 2. The normalized spacial score (nSPS) is 19.1. The van der Waals surface area contributed by atoms with Crippen molar-refractivity contribution in [3.63, 3.8) is 0 Å². The monoisotopic (exact) mass is 425 g/mol. The lowest BCUT2D eigenvalue weighted by Gasteiger charge is -2.25. The number of rotatable bonds is 4. The minimum Gasteiger partial charge on any atom is -0.486 e. The fourth-order valence-corrected chi connectivity index (χ4v) is 5.77. The molecule has 0 bridgehead atoms. The molecule has 2 aromatic heterocycles. The number of benzene rings is 1. The molecule has 158 valence electrons. The first-order valence-electron chi connectivity index (χ1n) is 10.6. The van der Waals surface area contributed by atoms with Crippen molar-refractivity contribution in [3.05, 3.63) is 50.4 Å². The van der Waals surface area contributed by atoms with E-state index in [0.29, 0.717) is 19.1 Å². The van der Waals surface area contributed by atoms with Crippen molar-refractivity contribution in [3.8, 4) is 11.5 Å². The molecular weight excluding hydrogens is 398 g/mol. The molecule has 1 N–H and O–H groups in total. The van der Waals surface area contributed by atoms with Crippen LogP contribution in [0.25, 0.3) is 10.2 Å². The van der Waals surface area contributed by atoms with Gasteiger partial charge in [-0.2, -0.15) is 0 Å². The third-order valence-corrected chi connectivity index (χ3v) is 7.43. The predicted octanol–water partition coefficient (Wildman–Crippen LogP) is 4.07. The smallest absolute Gasteiger partial charge is 0.259 e. The maximum Gasteiger partial charge on any atom is 0.259 e. The van der Waals surface area contributed by atoms with Gasteiger partial charge < -0.3 is 14.5 Å². The first-order chi connectivity index (χ1) is 14.5. The molecule has 2 atom stereocenters. The summed E-state index contributed by atoms with van der Waals surface area (Å²) in [5, 5.41) is 0.812. The number of hydrogen-bond donors (Lipinski definition) is 1. The van der Waals surface area contributed by atoms with Crippen LogP contribution in [-0.2, 0) is 19.4 Å². The standard InChI is InChI=1S/C23H27N3O3S/c1-13-4-6-16-19(10-13)30-23-20(16)22(27)24-21(25-23)14(2)26(3)12-15-5-7-17-18(11-15)29-9-8-28-17/h5,7,11,13-14H,4,6,8-10,12H2,1-3H3,(H,24,25,27). The highest BCUT2D eigenvalue weighted by Gasteiger charge is 2.24. The highest BCUT2D eigenvalue weighted by molar-refractivity contribution is 7.18. The van der Waals surface area contributed by atoms with Gasteiger partial charge in [0.1, 0.15) is 23.9 Å². The lowest BCUT2D eigenvalue weighted by Crippen LogP contribution is -2.26. The molecule has 0 radical (unpaired) electrons. The fourth-order valence-electron chi connectivity index (χ4n) is 4.38. The first kappa shape index (κ1) is 19.6. The van der Waals surface area contributed by atoms with Crippen molar-refractivity contribution in [2.24, 2.45) is 5.92 Å². The molecule has 5 rings (SSSR count). The molecule has 1 aliphatic carbocycles. The lowest BCUT2D eigenvalue weighted by atomic mass is 9.89. The summed E-state index contributed by atoms with van der Waals surface area (Å²) in [5.41, 5.74) is 2.37. The van der Waals surface area contributed by atoms with Crippen molar-refractivity contribution in [2.45, 2.75) is 45.7 Å². The van der Waals surface area contributed by atoms with Crippen LogP contribution in [0, 0.1) is 5.92 Å². The zero-order valence-corrected chi connectivity index (χ0v) is 18.5. The van der Waals surface area contributed by atoms with E-state index in [0.717, 1.165) is 58.9 Å². The number of fused-ring (bicyclic) bond motifs is 4. The van der Waals surface area contributed by atoms with E-state index >= 15 is 0 Å². The second-order valence-electron chi connectivity index (χ2n) is 8.55. The second-order valence-corrected chi connectivity index (χ2v) is 9.64. The number of nitrogens with one attached hydrogen (secondary N) is 1. The highest BCUT2D eigenvalue weighted by Crippen LogP contribution is 2.36. The Hall–Kier alpha value is -2.38. The quantitative estimate of drug-likeness (QED) is 0.682.